The van der Waals surface area contributed by atoms with Gasteiger partial charge >= 0.3 is 0 Å². The topological polar surface area (TPSA) is 80.3 Å². The van der Waals surface area contributed by atoms with E-state index in [2.05, 4.69) is 15.6 Å². The number of nitrogens with one attached hydrogen (secondary N) is 2. The maximum Gasteiger partial charge on any atom is 0.226 e. The van der Waals surface area contributed by atoms with Gasteiger partial charge in [0.15, 0.2) is 5.13 Å². The summed E-state index contributed by atoms with van der Waals surface area (Å²) < 4.78 is 5.63. The summed E-state index contributed by atoms with van der Waals surface area (Å²) in [6, 6.07) is 7.95. The Kier molecular flexibility index (Phi) is 7.22. The van der Waals surface area contributed by atoms with E-state index in [4.69, 9.17) is 4.74 Å². The Bertz CT molecular complexity index is 655. The second kappa shape index (κ2) is 9.67. The maximum absolute atomic E-state index is 11.8. The van der Waals surface area contributed by atoms with E-state index < -0.39 is 0 Å². The van der Waals surface area contributed by atoms with E-state index in [0.29, 0.717) is 30.4 Å². The van der Waals surface area contributed by atoms with Crippen molar-refractivity contribution in [2.24, 2.45) is 0 Å². The highest BCUT2D eigenvalue weighted by Gasteiger charge is 2.07. The van der Waals surface area contributed by atoms with Crippen LogP contribution in [0.4, 0.5) is 5.13 Å². The number of carbonyl (C=O) groups excluding carboxylic acids is 2. The quantitative estimate of drug-likeness (QED) is 0.511. The third-order valence-corrected chi connectivity index (χ3v) is 4.08. The molecular weight excluding hydrogens is 326 g/mol. The van der Waals surface area contributed by atoms with Crippen molar-refractivity contribution in [1.29, 1.82) is 0 Å². The molecule has 2 rings (SSSR count). The van der Waals surface area contributed by atoms with Gasteiger partial charge in [0.1, 0.15) is 5.75 Å². The van der Waals surface area contributed by atoms with E-state index >= 15 is 0 Å². The second-order valence-corrected chi connectivity index (χ2v) is 6.16. The zero-order valence-corrected chi connectivity index (χ0v) is 14.4. The van der Waals surface area contributed by atoms with Crippen molar-refractivity contribution in [3.05, 3.63) is 40.9 Å². The minimum atomic E-state index is -0.0718. The lowest BCUT2D eigenvalue weighted by atomic mass is 10.2. The molecule has 6 nitrogen and oxygen atoms in total. The molecule has 0 radical (unpaired) electrons. The van der Waals surface area contributed by atoms with Crippen LogP contribution in [0.3, 0.4) is 0 Å². The fraction of sp³-hybridized carbons (Fsp3) is 0.353. The van der Waals surface area contributed by atoms with Crippen LogP contribution in [0.15, 0.2) is 29.6 Å². The van der Waals surface area contributed by atoms with Gasteiger partial charge in [-0.1, -0.05) is 17.7 Å². The Labute approximate surface area is 145 Å². The molecule has 0 unspecified atom stereocenters. The lowest BCUT2D eigenvalue weighted by Gasteiger charge is -2.07. The number of thiazole rings is 1. The van der Waals surface area contributed by atoms with Gasteiger partial charge in [0, 0.05) is 11.9 Å². The number of anilines is 1. The fourth-order valence-electron chi connectivity index (χ4n) is 2.01. The number of rotatable bonds is 10. The summed E-state index contributed by atoms with van der Waals surface area (Å²) >= 11 is 1.30. The van der Waals surface area contributed by atoms with Gasteiger partial charge in [0.25, 0.3) is 0 Å². The number of ether oxygens (including phenoxy) is 1. The molecule has 1 heterocycles. The molecule has 0 aliphatic rings. The third-order valence-electron chi connectivity index (χ3n) is 3.26. The monoisotopic (exact) mass is 347 g/mol. The number of nitrogens with zero attached hydrogens (tertiary/aromatic N) is 1. The lowest BCUT2D eigenvalue weighted by molar-refractivity contribution is -0.120. The first-order valence-electron chi connectivity index (χ1n) is 7.78. The minimum absolute atomic E-state index is 0.0718. The Morgan fingerprint density at radius 3 is 2.83 bits per heavy atom. The van der Waals surface area contributed by atoms with Crippen LogP contribution in [0.2, 0.25) is 0 Å². The molecule has 0 aliphatic heterocycles. The van der Waals surface area contributed by atoms with E-state index in [1.165, 1.54) is 16.9 Å². The normalized spacial score (nSPS) is 10.2. The van der Waals surface area contributed by atoms with Gasteiger partial charge in [0.05, 0.1) is 18.7 Å². The molecule has 2 N–H and O–H groups in total. The summed E-state index contributed by atoms with van der Waals surface area (Å²) in [7, 11) is 0. The molecular formula is C17H21N3O3S. The largest absolute Gasteiger partial charge is 0.494 e. The molecule has 128 valence electrons. The number of unbranched alkanes of at least 4 members (excludes halogenated alkanes) is 1. The number of amides is 2. The highest BCUT2D eigenvalue weighted by atomic mass is 32.1. The summed E-state index contributed by atoms with van der Waals surface area (Å²) in [4.78, 5) is 26.2. The average Bonchev–Trinajstić information content (AvgIpc) is 3.00. The zero-order chi connectivity index (χ0) is 17.2. The van der Waals surface area contributed by atoms with Crippen LogP contribution in [0, 0.1) is 6.92 Å². The molecule has 0 fully saturated rings. The summed E-state index contributed by atoms with van der Waals surface area (Å²) in [6.45, 7) is 3.28. The molecule has 1 aromatic carbocycles. The van der Waals surface area contributed by atoms with Crippen LogP contribution >= 0.6 is 11.3 Å². The third kappa shape index (κ3) is 6.37. The Hall–Kier alpha value is -2.41. The van der Waals surface area contributed by atoms with Gasteiger partial charge < -0.3 is 15.4 Å². The van der Waals surface area contributed by atoms with Crippen LogP contribution in [0.25, 0.3) is 0 Å². The number of hydrogen-bond acceptors (Lipinski definition) is 5. The number of hydrogen-bond donors (Lipinski definition) is 2. The standard InChI is InChI=1S/C17H21N3O3S/c1-13-4-6-15(7-5-13)23-9-3-2-8-18-16(22)10-14-11-24-17(20-14)19-12-21/h4-7,11-12H,2-3,8-10H2,1H3,(H,18,22)(H,19,20,21). The Balaban J connectivity index is 1.55. The van der Waals surface area contributed by atoms with Crippen LogP contribution in [0.5, 0.6) is 5.75 Å². The molecule has 0 atom stereocenters. The number of benzene rings is 1. The summed E-state index contributed by atoms with van der Waals surface area (Å²) in [5.74, 6) is 0.797. The Morgan fingerprint density at radius 1 is 1.29 bits per heavy atom. The molecule has 0 saturated heterocycles. The first kappa shape index (κ1) is 17.9. The predicted octanol–water partition coefficient (Wildman–Crippen LogP) is 2.54. The van der Waals surface area contributed by atoms with Crippen LogP contribution < -0.4 is 15.4 Å². The van der Waals surface area contributed by atoms with Crippen molar-refractivity contribution < 1.29 is 14.3 Å². The van der Waals surface area contributed by atoms with Gasteiger partial charge in [-0.3, -0.25) is 9.59 Å². The van der Waals surface area contributed by atoms with Gasteiger partial charge in [0.2, 0.25) is 12.3 Å². The zero-order valence-electron chi connectivity index (χ0n) is 13.6. The van der Waals surface area contributed by atoms with Gasteiger partial charge in [-0.2, -0.15) is 0 Å². The number of aryl methyl sites for hydroxylation is 1. The summed E-state index contributed by atoms with van der Waals surface area (Å²) in [5.41, 5.74) is 1.86. The molecule has 2 amide bonds. The minimum Gasteiger partial charge on any atom is -0.494 e. The SMILES string of the molecule is Cc1ccc(OCCCCNC(=O)Cc2csc(NC=O)n2)cc1. The highest BCUT2D eigenvalue weighted by molar-refractivity contribution is 7.13. The molecule has 0 aliphatic carbocycles. The molecule has 2 aromatic rings. The second-order valence-electron chi connectivity index (χ2n) is 5.30. The van der Waals surface area contributed by atoms with E-state index in [9.17, 15) is 9.59 Å². The van der Waals surface area contributed by atoms with E-state index in [0.717, 1.165) is 18.6 Å². The lowest BCUT2D eigenvalue weighted by Crippen LogP contribution is -2.26. The van der Waals surface area contributed by atoms with Gasteiger partial charge in [-0.15, -0.1) is 11.3 Å². The molecule has 0 bridgehead atoms. The van der Waals surface area contributed by atoms with Crippen molar-refractivity contribution >= 4 is 28.8 Å². The molecule has 0 spiro atoms. The number of carbonyl (C=O) groups is 2. The van der Waals surface area contributed by atoms with Crippen LogP contribution in [-0.2, 0) is 16.0 Å². The summed E-state index contributed by atoms with van der Waals surface area (Å²) in [6.07, 6.45) is 2.52. The molecule has 0 saturated carbocycles. The van der Waals surface area contributed by atoms with Crippen molar-refractivity contribution in [2.75, 3.05) is 18.5 Å². The first-order chi connectivity index (χ1) is 11.7. The smallest absolute Gasteiger partial charge is 0.226 e. The van der Waals surface area contributed by atoms with Crippen LogP contribution in [-0.4, -0.2) is 30.5 Å². The van der Waals surface area contributed by atoms with E-state index in [1.54, 1.807) is 5.38 Å². The first-order valence-corrected chi connectivity index (χ1v) is 8.66. The fourth-order valence-corrected chi connectivity index (χ4v) is 2.68. The Morgan fingerprint density at radius 2 is 2.08 bits per heavy atom. The van der Waals surface area contributed by atoms with Crippen molar-refractivity contribution in [3.8, 4) is 5.75 Å². The number of aromatic nitrogens is 1. The van der Waals surface area contributed by atoms with Gasteiger partial charge in [-0.05, 0) is 31.9 Å². The van der Waals surface area contributed by atoms with Crippen LogP contribution in [0.1, 0.15) is 24.1 Å². The molecule has 24 heavy (non-hydrogen) atoms. The predicted molar refractivity (Wildman–Crippen MR) is 94.4 cm³/mol. The highest BCUT2D eigenvalue weighted by Crippen LogP contribution is 2.14. The van der Waals surface area contributed by atoms with Crippen molar-refractivity contribution in [3.63, 3.8) is 0 Å². The summed E-state index contributed by atoms with van der Waals surface area (Å²) in [5, 5.41) is 7.59. The maximum atomic E-state index is 11.8. The van der Waals surface area contributed by atoms with Crippen molar-refractivity contribution in [1.82, 2.24) is 10.3 Å². The van der Waals surface area contributed by atoms with Gasteiger partial charge in [-0.25, -0.2) is 4.98 Å². The molecule has 1 aromatic heterocycles. The molecule has 7 heteroatoms. The van der Waals surface area contributed by atoms with Crippen molar-refractivity contribution in [2.45, 2.75) is 26.2 Å². The van der Waals surface area contributed by atoms with E-state index in [1.807, 2.05) is 31.2 Å². The average molecular weight is 347 g/mol. The van der Waals surface area contributed by atoms with E-state index in [-0.39, 0.29) is 12.3 Å².